The van der Waals surface area contributed by atoms with E-state index in [0.717, 1.165) is 28.9 Å². The molecule has 3 heterocycles. The van der Waals surface area contributed by atoms with Crippen molar-refractivity contribution in [3.8, 4) is 22.5 Å². The molecule has 0 aliphatic rings. The normalized spacial score (nSPS) is 12.5. The zero-order valence-electron chi connectivity index (χ0n) is 15.6. The van der Waals surface area contributed by atoms with Crippen LogP contribution in [0.3, 0.4) is 0 Å². The van der Waals surface area contributed by atoms with Crippen molar-refractivity contribution < 1.29 is 26.3 Å². The largest absolute Gasteiger partial charge is 0.417 e. The van der Waals surface area contributed by atoms with E-state index in [1.165, 1.54) is 24.4 Å². The van der Waals surface area contributed by atoms with Crippen molar-refractivity contribution in [2.24, 2.45) is 0 Å². The summed E-state index contributed by atoms with van der Waals surface area (Å²) < 4.78 is 79.3. The lowest BCUT2D eigenvalue weighted by molar-refractivity contribution is -0.138. The summed E-state index contributed by atoms with van der Waals surface area (Å²) in [6.45, 7) is 1.70. The maximum atomic E-state index is 13.2. The minimum atomic E-state index is -4.59. The molecule has 4 aromatic rings. The van der Waals surface area contributed by atoms with Crippen LogP contribution in [0.2, 0.25) is 0 Å². The summed E-state index contributed by atoms with van der Waals surface area (Å²) in [6, 6.07) is 6.38. The fourth-order valence-corrected chi connectivity index (χ4v) is 3.31. The second-order valence-electron chi connectivity index (χ2n) is 6.75. The molecule has 0 saturated carbocycles. The van der Waals surface area contributed by atoms with Crippen LogP contribution < -0.4 is 0 Å². The highest BCUT2D eigenvalue weighted by molar-refractivity contribution is 7.80. The standard InChI is InChI=1S/C20H12F6N4S/c1-10-8-27-18(31)28-16(10)15-14-7-6-13(20(24,25)26)9-30(14)29-17(15)11-2-4-12(5-3-11)19(21,22)23/h2-9H,1H3,(H,27,28,31). The number of nitrogens with zero attached hydrogens (tertiary/aromatic N) is 4. The van der Waals surface area contributed by atoms with Crippen LogP contribution in [-0.2, 0) is 12.4 Å². The molecule has 0 aliphatic heterocycles. The van der Waals surface area contributed by atoms with Crippen molar-refractivity contribution in [2.75, 3.05) is 0 Å². The summed E-state index contributed by atoms with van der Waals surface area (Å²) in [4.78, 5) is 8.25. The molecular weight excluding hydrogens is 442 g/mol. The van der Waals surface area contributed by atoms with Crippen molar-refractivity contribution in [3.63, 3.8) is 0 Å². The Hall–Kier alpha value is -3.08. The number of pyridine rings is 1. The maximum absolute atomic E-state index is 13.2. The molecule has 0 amide bonds. The van der Waals surface area contributed by atoms with Gasteiger partial charge in [0.2, 0.25) is 0 Å². The Labute approximate surface area is 177 Å². The van der Waals surface area contributed by atoms with Crippen LogP contribution in [0, 0.1) is 6.92 Å². The van der Waals surface area contributed by atoms with E-state index in [9.17, 15) is 26.3 Å². The van der Waals surface area contributed by atoms with Crippen molar-refractivity contribution in [3.05, 3.63) is 65.5 Å². The van der Waals surface area contributed by atoms with E-state index in [1.54, 1.807) is 6.92 Å². The Morgan fingerprint density at radius 1 is 0.839 bits per heavy atom. The molecule has 0 radical (unpaired) electrons. The van der Waals surface area contributed by atoms with E-state index in [-0.39, 0.29) is 10.9 Å². The van der Waals surface area contributed by atoms with Gasteiger partial charge in [-0.1, -0.05) is 12.1 Å². The molecule has 1 aromatic carbocycles. The minimum Gasteiger partial charge on any atom is -0.239 e. The number of halogens is 6. The highest BCUT2D eigenvalue weighted by Gasteiger charge is 2.32. The second-order valence-corrected chi connectivity index (χ2v) is 7.15. The van der Waals surface area contributed by atoms with Gasteiger partial charge in [0, 0.05) is 18.0 Å². The van der Waals surface area contributed by atoms with Crippen LogP contribution in [0.4, 0.5) is 26.3 Å². The molecule has 0 unspecified atom stereocenters. The number of fused-ring (bicyclic) bond motifs is 1. The summed E-state index contributed by atoms with van der Waals surface area (Å²) >= 11 is 4.12. The number of aromatic nitrogens is 4. The van der Waals surface area contributed by atoms with Gasteiger partial charge >= 0.3 is 12.4 Å². The first kappa shape index (κ1) is 21.2. The van der Waals surface area contributed by atoms with Crippen LogP contribution in [0.25, 0.3) is 28.0 Å². The monoisotopic (exact) mass is 454 g/mol. The maximum Gasteiger partial charge on any atom is 0.417 e. The Balaban J connectivity index is 2.00. The quantitative estimate of drug-likeness (QED) is 0.226. The van der Waals surface area contributed by atoms with Crippen molar-refractivity contribution in [2.45, 2.75) is 24.4 Å². The SMILES string of the molecule is Cc1cnc(S)nc1-c1c(-c2ccc(C(F)(F)F)cc2)nn2cc(C(F)(F)F)ccc12. The minimum absolute atomic E-state index is 0.130. The topological polar surface area (TPSA) is 43.1 Å². The van der Waals surface area contributed by atoms with Gasteiger partial charge in [-0.3, -0.25) is 0 Å². The van der Waals surface area contributed by atoms with Crippen molar-refractivity contribution in [1.29, 1.82) is 0 Å². The summed E-state index contributed by atoms with van der Waals surface area (Å²) in [6.07, 6.45) is -6.79. The van der Waals surface area contributed by atoms with E-state index < -0.39 is 23.5 Å². The molecule has 0 bridgehead atoms. The van der Waals surface area contributed by atoms with Gasteiger partial charge in [0.1, 0.15) is 5.69 Å². The lowest BCUT2D eigenvalue weighted by atomic mass is 10.0. The zero-order valence-corrected chi connectivity index (χ0v) is 16.5. The van der Waals surface area contributed by atoms with Crippen molar-refractivity contribution >= 4 is 18.1 Å². The highest BCUT2D eigenvalue weighted by Crippen LogP contribution is 2.38. The molecular formula is C20H12F6N4S. The van der Waals surface area contributed by atoms with E-state index in [0.29, 0.717) is 27.9 Å². The number of rotatable bonds is 2. The molecule has 31 heavy (non-hydrogen) atoms. The predicted molar refractivity (Wildman–Crippen MR) is 104 cm³/mol. The number of aryl methyl sites for hydroxylation is 1. The van der Waals surface area contributed by atoms with Gasteiger partial charge in [0.05, 0.1) is 27.9 Å². The molecule has 160 valence electrons. The molecule has 0 atom stereocenters. The summed E-state index contributed by atoms with van der Waals surface area (Å²) in [7, 11) is 0. The zero-order chi connectivity index (χ0) is 22.6. The Kier molecular flexibility index (Phi) is 4.95. The van der Waals surface area contributed by atoms with E-state index in [2.05, 4.69) is 27.7 Å². The van der Waals surface area contributed by atoms with Gasteiger partial charge in [0.15, 0.2) is 5.16 Å². The van der Waals surface area contributed by atoms with Crippen LogP contribution in [-0.4, -0.2) is 19.6 Å². The first-order chi connectivity index (χ1) is 14.4. The highest BCUT2D eigenvalue weighted by atomic mass is 32.1. The van der Waals surface area contributed by atoms with Gasteiger partial charge in [-0.15, -0.1) is 12.6 Å². The van der Waals surface area contributed by atoms with Gasteiger partial charge < -0.3 is 0 Å². The molecule has 0 N–H and O–H groups in total. The smallest absolute Gasteiger partial charge is 0.239 e. The molecule has 3 aromatic heterocycles. The number of benzene rings is 1. The first-order valence-corrected chi connectivity index (χ1v) is 9.20. The fraction of sp³-hybridized carbons (Fsp3) is 0.150. The molecule has 4 rings (SSSR count). The second kappa shape index (κ2) is 7.26. The number of hydrogen-bond donors (Lipinski definition) is 1. The summed E-state index contributed by atoms with van der Waals surface area (Å²) in [5, 5.41) is 4.38. The van der Waals surface area contributed by atoms with Gasteiger partial charge in [-0.2, -0.15) is 31.4 Å². The number of hydrogen-bond acceptors (Lipinski definition) is 4. The lowest BCUT2D eigenvalue weighted by Gasteiger charge is -2.09. The molecule has 0 saturated heterocycles. The first-order valence-electron chi connectivity index (χ1n) is 8.75. The molecule has 4 nitrogen and oxygen atoms in total. The lowest BCUT2D eigenvalue weighted by Crippen LogP contribution is -2.06. The van der Waals surface area contributed by atoms with E-state index in [1.807, 2.05) is 0 Å². The Morgan fingerprint density at radius 2 is 1.45 bits per heavy atom. The van der Waals surface area contributed by atoms with Crippen LogP contribution in [0.5, 0.6) is 0 Å². The molecule has 0 spiro atoms. The third kappa shape index (κ3) is 3.97. The van der Waals surface area contributed by atoms with Gasteiger partial charge in [-0.05, 0) is 36.8 Å². The third-order valence-corrected chi connectivity index (χ3v) is 4.85. The van der Waals surface area contributed by atoms with Gasteiger partial charge in [-0.25, -0.2) is 14.5 Å². The number of thiol groups is 1. The molecule has 0 fully saturated rings. The van der Waals surface area contributed by atoms with E-state index in [4.69, 9.17) is 0 Å². The third-order valence-electron chi connectivity index (χ3n) is 4.64. The van der Waals surface area contributed by atoms with Crippen LogP contribution >= 0.6 is 12.6 Å². The average Bonchev–Trinajstić information content (AvgIpc) is 3.07. The summed E-state index contributed by atoms with van der Waals surface area (Å²) in [5.74, 6) is 0. The Bertz CT molecular complexity index is 1280. The predicted octanol–water partition coefficient (Wildman–Crippen LogP) is 6.09. The molecule has 11 heteroatoms. The van der Waals surface area contributed by atoms with Crippen LogP contribution in [0.15, 0.2) is 53.9 Å². The Morgan fingerprint density at radius 3 is 2.06 bits per heavy atom. The van der Waals surface area contributed by atoms with Crippen LogP contribution in [0.1, 0.15) is 16.7 Å². The van der Waals surface area contributed by atoms with Gasteiger partial charge in [0.25, 0.3) is 0 Å². The van der Waals surface area contributed by atoms with E-state index >= 15 is 0 Å². The number of alkyl halides is 6. The average molecular weight is 454 g/mol. The fourth-order valence-electron chi connectivity index (χ4n) is 3.16. The molecule has 0 aliphatic carbocycles. The van der Waals surface area contributed by atoms with Crippen molar-refractivity contribution in [1.82, 2.24) is 19.6 Å². The summed E-state index contributed by atoms with van der Waals surface area (Å²) in [5.41, 5.74) is 0.340.